The van der Waals surface area contributed by atoms with Gasteiger partial charge in [-0.05, 0) is 34.1 Å². The van der Waals surface area contributed by atoms with E-state index in [1.807, 2.05) is 6.07 Å². The third-order valence-corrected chi connectivity index (χ3v) is 3.51. The highest BCUT2D eigenvalue weighted by Crippen LogP contribution is 2.30. The maximum absolute atomic E-state index is 11.0. The summed E-state index contributed by atoms with van der Waals surface area (Å²) >= 11 is 9.16. The van der Waals surface area contributed by atoms with E-state index in [1.54, 1.807) is 19.2 Å². The van der Waals surface area contributed by atoms with Crippen molar-refractivity contribution in [2.75, 3.05) is 12.4 Å². The lowest BCUT2D eigenvalue weighted by Gasteiger charge is -2.10. The highest BCUT2D eigenvalue weighted by atomic mass is 79.9. The molecule has 0 aliphatic carbocycles. The Morgan fingerprint density at radius 2 is 2.20 bits per heavy atom. The summed E-state index contributed by atoms with van der Waals surface area (Å²) in [6.45, 7) is 0. The summed E-state index contributed by atoms with van der Waals surface area (Å²) in [6.07, 6.45) is 1.29. The number of nitrogens with zero attached hydrogens (tertiary/aromatic N) is 1. The minimum atomic E-state index is -1.11. The highest BCUT2D eigenvalue weighted by Gasteiger charge is 2.11. The van der Waals surface area contributed by atoms with Crippen molar-refractivity contribution in [2.45, 2.75) is 0 Å². The minimum Gasteiger partial charge on any atom is -0.497 e. The van der Waals surface area contributed by atoms with Gasteiger partial charge in [0.15, 0.2) is 0 Å². The van der Waals surface area contributed by atoms with Crippen LogP contribution in [0.1, 0.15) is 10.4 Å². The van der Waals surface area contributed by atoms with E-state index < -0.39 is 5.97 Å². The van der Waals surface area contributed by atoms with Gasteiger partial charge in [0, 0.05) is 16.7 Å². The Morgan fingerprint density at radius 1 is 1.45 bits per heavy atom. The van der Waals surface area contributed by atoms with Crippen molar-refractivity contribution < 1.29 is 14.6 Å². The molecule has 2 N–H and O–H groups in total. The number of aromatic carboxylic acids is 1. The van der Waals surface area contributed by atoms with Gasteiger partial charge in [0.1, 0.15) is 11.6 Å². The average molecular weight is 358 g/mol. The average Bonchev–Trinajstić information content (AvgIpc) is 2.43. The molecule has 1 aromatic carbocycles. The molecule has 20 heavy (non-hydrogen) atoms. The van der Waals surface area contributed by atoms with E-state index in [2.05, 4.69) is 26.2 Å². The molecule has 1 aromatic heterocycles. The van der Waals surface area contributed by atoms with Crippen LogP contribution in [0.25, 0.3) is 0 Å². The number of halogens is 2. The molecule has 5 nitrogen and oxygen atoms in total. The highest BCUT2D eigenvalue weighted by molar-refractivity contribution is 9.10. The van der Waals surface area contributed by atoms with Crippen molar-refractivity contribution in [1.82, 2.24) is 4.98 Å². The number of ether oxygens (including phenoxy) is 1. The largest absolute Gasteiger partial charge is 0.497 e. The van der Waals surface area contributed by atoms with Crippen LogP contribution in [-0.4, -0.2) is 23.2 Å². The first-order valence-electron chi connectivity index (χ1n) is 5.50. The molecule has 0 amide bonds. The first kappa shape index (κ1) is 14.6. The second-order valence-corrected chi connectivity index (χ2v) is 5.09. The number of carboxylic acid groups (broad SMARTS) is 1. The van der Waals surface area contributed by atoms with Crippen molar-refractivity contribution >= 4 is 45.0 Å². The summed E-state index contributed by atoms with van der Waals surface area (Å²) in [5.74, 6) is -0.0611. The molecule has 0 spiro atoms. The zero-order valence-corrected chi connectivity index (χ0v) is 12.7. The van der Waals surface area contributed by atoms with Gasteiger partial charge < -0.3 is 15.2 Å². The van der Waals surface area contributed by atoms with E-state index in [9.17, 15) is 4.79 Å². The van der Waals surface area contributed by atoms with Crippen molar-refractivity contribution in [3.05, 3.63) is 45.5 Å². The molecule has 0 bridgehead atoms. The Bertz CT molecular complexity index is 664. The zero-order chi connectivity index (χ0) is 14.7. The monoisotopic (exact) mass is 356 g/mol. The minimum absolute atomic E-state index is 0.0109. The van der Waals surface area contributed by atoms with Gasteiger partial charge >= 0.3 is 5.97 Å². The number of pyridine rings is 1. The molecule has 0 aliphatic rings. The van der Waals surface area contributed by atoms with E-state index in [0.29, 0.717) is 17.3 Å². The SMILES string of the molecule is COc1ccc(Br)c(Nc2cc(C(=O)O)c(Cl)cn2)c1. The Morgan fingerprint density at radius 3 is 2.85 bits per heavy atom. The Labute approximate surface area is 128 Å². The van der Waals surface area contributed by atoms with Gasteiger partial charge in [-0.25, -0.2) is 9.78 Å². The van der Waals surface area contributed by atoms with Crippen LogP contribution in [0.4, 0.5) is 11.5 Å². The van der Waals surface area contributed by atoms with Crippen molar-refractivity contribution in [3.63, 3.8) is 0 Å². The standard InChI is InChI=1S/C13H10BrClN2O3/c1-20-7-2-3-9(14)11(4-7)17-12-5-8(13(18)19)10(15)6-16-12/h2-6H,1H3,(H,16,17)(H,18,19). The molecule has 2 aromatic rings. The number of hydrogen-bond acceptors (Lipinski definition) is 4. The van der Waals surface area contributed by atoms with Gasteiger partial charge in [-0.3, -0.25) is 0 Å². The third-order valence-electron chi connectivity index (χ3n) is 2.52. The molecular formula is C13H10BrClN2O3. The van der Waals surface area contributed by atoms with E-state index in [0.717, 1.165) is 4.47 Å². The smallest absolute Gasteiger partial charge is 0.337 e. The van der Waals surface area contributed by atoms with E-state index >= 15 is 0 Å². The van der Waals surface area contributed by atoms with Crippen LogP contribution in [0.2, 0.25) is 5.02 Å². The molecule has 0 saturated carbocycles. The molecule has 2 rings (SSSR count). The molecule has 0 aliphatic heterocycles. The van der Waals surface area contributed by atoms with Crippen molar-refractivity contribution in [1.29, 1.82) is 0 Å². The van der Waals surface area contributed by atoms with Gasteiger partial charge in [0.05, 0.1) is 23.4 Å². The molecule has 7 heteroatoms. The van der Waals surface area contributed by atoms with Crippen LogP contribution < -0.4 is 10.1 Å². The summed E-state index contributed by atoms with van der Waals surface area (Å²) in [6, 6.07) is 6.75. The van der Waals surface area contributed by atoms with E-state index in [-0.39, 0.29) is 10.6 Å². The molecule has 0 unspecified atom stereocenters. The van der Waals surface area contributed by atoms with Gasteiger partial charge in [-0.2, -0.15) is 0 Å². The first-order valence-corrected chi connectivity index (χ1v) is 6.67. The summed E-state index contributed by atoms with van der Waals surface area (Å²) < 4.78 is 5.93. The van der Waals surface area contributed by atoms with Crippen molar-refractivity contribution in [3.8, 4) is 5.75 Å². The number of carboxylic acids is 1. The first-order chi connectivity index (χ1) is 9.51. The summed E-state index contributed by atoms with van der Waals surface area (Å²) in [4.78, 5) is 15.1. The summed E-state index contributed by atoms with van der Waals surface area (Å²) in [7, 11) is 1.57. The summed E-state index contributed by atoms with van der Waals surface area (Å²) in [5.41, 5.74) is 0.693. The number of aromatic nitrogens is 1. The maximum atomic E-state index is 11.0. The van der Waals surface area contributed by atoms with Gasteiger partial charge in [0.2, 0.25) is 0 Å². The predicted octanol–water partition coefficient (Wildman–Crippen LogP) is 3.95. The lowest BCUT2D eigenvalue weighted by Crippen LogP contribution is -2.01. The lowest BCUT2D eigenvalue weighted by molar-refractivity contribution is 0.0697. The normalized spacial score (nSPS) is 10.2. The van der Waals surface area contributed by atoms with Crippen LogP contribution in [0, 0.1) is 0 Å². The molecule has 0 saturated heterocycles. The fourth-order valence-corrected chi connectivity index (χ4v) is 2.07. The van der Waals surface area contributed by atoms with Crippen LogP contribution >= 0.6 is 27.5 Å². The van der Waals surface area contributed by atoms with Gasteiger partial charge in [-0.1, -0.05) is 11.6 Å². The number of nitrogens with one attached hydrogen (secondary N) is 1. The second kappa shape index (κ2) is 6.11. The topological polar surface area (TPSA) is 71.5 Å². The number of anilines is 2. The van der Waals surface area contributed by atoms with Crippen LogP contribution in [0.15, 0.2) is 34.9 Å². The van der Waals surface area contributed by atoms with Crippen molar-refractivity contribution in [2.24, 2.45) is 0 Å². The van der Waals surface area contributed by atoms with Gasteiger partial charge in [-0.15, -0.1) is 0 Å². The Kier molecular flexibility index (Phi) is 4.46. The number of methoxy groups -OCH3 is 1. The zero-order valence-electron chi connectivity index (χ0n) is 10.4. The number of rotatable bonds is 4. The second-order valence-electron chi connectivity index (χ2n) is 3.83. The van der Waals surface area contributed by atoms with Crippen LogP contribution in [0.3, 0.4) is 0 Å². The molecule has 0 fully saturated rings. The van der Waals surface area contributed by atoms with Crippen LogP contribution in [-0.2, 0) is 0 Å². The fourth-order valence-electron chi connectivity index (χ4n) is 1.54. The molecule has 104 valence electrons. The van der Waals surface area contributed by atoms with Crippen LogP contribution in [0.5, 0.6) is 5.75 Å². The number of hydrogen-bond donors (Lipinski definition) is 2. The number of carbonyl (C=O) groups is 1. The quantitative estimate of drug-likeness (QED) is 0.867. The van der Waals surface area contributed by atoms with Gasteiger partial charge in [0.25, 0.3) is 0 Å². The predicted molar refractivity (Wildman–Crippen MR) is 80.2 cm³/mol. The fraction of sp³-hybridized carbons (Fsp3) is 0.0769. The number of benzene rings is 1. The summed E-state index contributed by atoms with van der Waals surface area (Å²) in [5, 5.41) is 12.1. The third kappa shape index (κ3) is 3.20. The van der Waals surface area contributed by atoms with E-state index in [1.165, 1.54) is 12.3 Å². The Hall–Kier alpha value is -1.79. The molecular weight excluding hydrogens is 348 g/mol. The lowest BCUT2D eigenvalue weighted by atomic mass is 10.2. The molecule has 1 heterocycles. The van der Waals surface area contributed by atoms with E-state index in [4.69, 9.17) is 21.4 Å². The maximum Gasteiger partial charge on any atom is 0.337 e. The molecule has 0 radical (unpaired) electrons. The molecule has 0 atom stereocenters. The Balaban J connectivity index is 2.35.